The highest BCUT2D eigenvalue weighted by Crippen LogP contribution is 2.26. The van der Waals surface area contributed by atoms with Gasteiger partial charge in [0.05, 0.1) is 6.04 Å². The zero-order valence-corrected chi connectivity index (χ0v) is 13.8. The summed E-state index contributed by atoms with van der Waals surface area (Å²) in [6.45, 7) is 8.62. The lowest BCUT2D eigenvalue weighted by Gasteiger charge is -2.31. The predicted octanol–water partition coefficient (Wildman–Crippen LogP) is 2.57. The van der Waals surface area contributed by atoms with Crippen molar-refractivity contribution in [3.05, 3.63) is 23.3 Å². The highest BCUT2D eigenvalue weighted by molar-refractivity contribution is 7.99. The predicted molar refractivity (Wildman–Crippen MR) is 86.2 cm³/mol. The molecule has 1 fully saturated rings. The summed E-state index contributed by atoms with van der Waals surface area (Å²) in [6.07, 6.45) is 3.16. The number of rotatable bonds is 5. The maximum atomic E-state index is 4.77. The SMILES string of the molecule is CCCNC(C)c1cnc(C2CSCCN2C)nc1C. The normalized spacial score (nSPS) is 21.9. The molecule has 1 aliphatic rings. The first-order valence-electron chi connectivity index (χ1n) is 7.48. The van der Waals surface area contributed by atoms with Crippen molar-refractivity contribution in [2.24, 2.45) is 0 Å². The van der Waals surface area contributed by atoms with Gasteiger partial charge < -0.3 is 5.32 Å². The summed E-state index contributed by atoms with van der Waals surface area (Å²) >= 11 is 2.00. The van der Waals surface area contributed by atoms with Crippen LogP contribution in [-0.2, 0) is 0 Å². The molecule has 1 N–H and O–H groups in total. The van der Waals surface area contributed by atoms with E-state index in [1.807, 2.05) is 18.0 Å². The van der Waals surface area contributed by atoms with Crippen molar-refractivity contribution in [2.45, 2.75) is 39.3 Å². The molecule has 1 aromatic rings. The van der Waals surface area contributed by atoms with Crippen molar-refractivity contribution < 1.29 is 0 Å². The van der Waals surface area contributed by atoms with E-state index in [1.54, 1.807) is 0 Å². The van der Waals surface area contributed by atoms with Crippen molar-refractivity contribution in [3.63, 3.8) is 0 Å². The van der Waals surface area contributed by atoms with Gasteiger partial charge in [0.1, 0.15) is 5.82 Å². The maximum Gasteiger partial charge on any atom is 0.146 e. The average molecular weight is 294 g/mol. The van der Waals surface area contributed by atoms with Gasteiger partial charge in [-0.3, -0.25) is 4.90 Å². The fourth-order valence-corrected chi connectivity index (χ4v) is 3.72. The van der Waals surface area contributed by atoms with Crippen molar-refractivity contribution in [1.82, 2.24) is 20.2 Å². The Morgan fingerprint density at radius 2 is 2.35 bits per heavy atom. The number of hydrogen-bond acceptors (Lipinski definition) is 5. The smallest absolute Gasteiger partial charge is 0.146 e. The third kappa shape index (κ3) is 3.71. The second-order valence-electron chi connectivity index (χ2n) is 5.52. The zero-order chi connectivity index (χ0) is 14.5. The van der Waals surface area contributed by atoms with Gasteiger partial charge in [0.25, 0.3) is 0 Å². The van der Waals surface area contributed by atoms with Gasteiger partial charge in [-0.1, -0.05) is 6.92 Å². The lowest BCUT2D eigenvalue weighted by atomic mass is 10.1. The summed E-state index contributed by atoms with van der Waals surface area (Å²) in [5, 5.41) is 3.50. The third-order valence-electron chi connectivity index (χ3n) is 3.90. The van der Waals surface area contributed by atoms with Crippen LogP contribution in [-0.4, -0.2) is 46.5 Å². The van der Waals surface area contributed by atoms with Gasteiger partial charge in [0.2, 0.25) is 0 Å². The van der Waals surface area contributed by atoms with E-state index in [2.05, 4.69) is 43.0 Å². The van der Waals surface area contributed by atoms with Gasteiger partial charge >= 0.3 is 0 Å². The van der Waals surface area contributed by atoms with E-state index in [9.17, 15) is 0 Å². The maximum absolute atomic E-state index is 4.77. The molecular formula is C15H26N4S. The summed E-state index contributed by atoms with van der Waals surface area (Å²) in [5.74, 6) is 3.28. The first kappa shape index (κ1) is 15.7. The fraction of sp³-hybridized carbons (Fsp3) is 0.733. The van der Waals surface area contributed by atoms with Crippen LogP contribution in [0.2, 0.25) is 0 Å². The Labute approximate surface area is 126 Å². The largest absolute Gasteiger partial charge is 0.310 e. The molecule has 1 aromatic heterocycles. The number of nitrogens with zero attached hydrogens (tertiary/aromatic N) is 3. The molecule has 4 nitrogen and oxygen atoms in total. The first-order chi connectivity index (χ1) is 9.63. The quantitative estimate of drug-likeness (QED) is 0.904. The molecule has 1 aliphatic heterocycles. The molecule has 5 heteroatoms. The second kappa shape index (κ2) is 7.38. The molecule has 2 heterocycles. The molecule has 0 aromatic carbocycles. The van der Waals surface area contributed by atoms with Crippen LogP contribution in [0.3, 0.4) is 0 Å². The van der Waals surface area contributed by atoms with E-state index in [0.29, 0.717) is 12.1 Å². The molecular weight excluding hydrogens is 268 g/mol. The minimum atomic E-state index is 0.322. The van der Waals surface area contributed by atoms with E-state index >= 15 is 0 Å². The third-order valence-corrected chi connectivity index (χ3v) is 4.92. The molecule has 2 atom stereocenters. The monoisotopic (exact) mass is 294 g/mol. The van der Waals surface area contributed by atoms with E-state index in [0.717, 1.165) is 36.8 Å². The van der Waals surface area contributed by atoms with Gasteiger partial charge in [-0.15, -0.1) is 0 Å². The van der Waals surface area contributed by atoms with Crippen LogP contribution in [0.5, 0.6) is 0 Å². The number of aryl methyl sites for hydroxylation is 1. The van der Waals surface area contributed by atoms with Crippen LogP contribution < -0.4 is 5.32 Å². The molecule has 2 rings (SSSR count). The molecule has 0 amide bonds. The minimum Gasteiger partial charge on any atom is -0.310 e. The number of aromatic nitrogens is 2. The Morgan fingerprint density at radius 3 is 3.00 bits per heavy atom. The standard InChI is InChI=1S/C15H26N4S/c1-5-6-16-11(2)13-9-17-15(18-12(13)3)14-10-20-8-7-19(14)4/h9,11,14,16H,5-8,10H2,1-4H3. The molecule has 0 saturated carbocycles. The zero-order valence-electron chi connectivity index (χ0n) is 13.0. The van der Waals surface area contributed by atoms with Crippen LogP contribution in [0.15, 0.2) is 6.20 Å². The molecule has 20 heavy (non-hydrogen) atoms. The topological polar surface area (TPSA) is 41.1 Å². The fourth-order valence-electron chi connectivity index (χ4n) is 2.51. The van der Waals surface area contributed by atoms with E-state index in [4.69, 9.17) is 4.98 Å². The van der Waals surface area contributed by atoms with Crippen LogP contribution in [0.4, 0.5) is 0 Å². The average Bonchev–Trinajstić information content (AvgIpc) is 2.45. The molecule has 1 saturated heterocycles. The summed E-state index contributed by atoms with van der Waals surface area (Å²) < 4.78 is 0. The van der Waals surface area contributed by atoms with Gasteiger partial charge in [-0.25, -0.2) is 9.97 Å². The number of hydrogen-bond donors (Lipinski definition) is 1. The summed E-state index contributed by atoms with van der Waals surface area (Å²) in [4.78, 5) is 11.8. The molecule has 0 radical (unpaired) electrons. The Balaban J connectivity index is 2.12. The Bertz CT molecular complexity index is 438. The minimum absolute atomic E-state index is 0.322. The van der Waals surface area contributed by atoms with Gasteiger partial charge in [-0.05, 0) is 33.9 Å². The van der Waals surface area contributed by atoms with Gasteiger partial charge in [0, 0.05) is 41.5 Å². The first-order valence-corrected chi connectivity index (χ1v) is 8.63. The van der Waals surface area contributed by atoms with Crippen molar-refractivity contribution in [3.8, 4) is 0 Å². The highest BCUT2D eigenvalue weighted by Gasteiger charge is 2.24. The summed E-state index contributed by atoms with van der Waals surface area (Å²) in [6, 6.07) is 0.683. The summed E-state index contributed by atoms with van der Waals surface area (Å²) in [7, 11) is 2.17. The molecule has 112 valence electrons. The van der Waals surface area contributed by atoms with Crippen LogP contribution in [0.1, 0.15) is 49.4 Å². The Morgan fingerprint density at radius 1 is 1.55 bits per heavy atom. The Hall–Kier alpha value is -0.650. The van der Waals surface area contributed by atoms with Gasteiger partial charge in [0.15, 0.2) is 0 Å². The van der Waals surface area contributed by atoms with Crippen molar-refractivity contribution >= 4 is 11.8 Å². The van der Waals surface area contributed by atoms with Crippen LogP contribution in [0.25, 0.3) is 0 Å². The van der Waals surface area contributed by atoms with E-state index in [-0.39, 0.29) is 0 Å². The lowest BCUT2D eigenvalue weighted by Crippen LogP contribution is -2.34. The number of thioether (sulfide) groups is 1. The highest BCUT2D eigenvalue weighted by atomic mass is 32.2. The van der Waals surface area contributed by atoms with E-state index in [1.165, 1.54) is 11.3 Å². The van der Waals surface area contributed by atoms with E-state index < -0.39 is 0 Å². The molecule has 0 bridgehead atoms. The summed E-state index contributed by atoms with van der Waals surface area (Å²) in [5.41, 5.74) is 2.32. The molecule has 0 spiro atoms. The lowest BCUT2D eigenvalue weighted by molar-refractivity contribution is 0.264. The second-order valence-corrected chi connectivity index (χ2v) is 6.67. The molecule has 2 unspecified atom stereocenters. The van der Waals surface area contributed by atoms with Crippen molar-refractivity contribution in [2.75, 3.05) is 31.6 Å². The van der Waals surface area contributed by atoms with Crippen molar-refractivity contribution in [1.29, 1.82) is 0 Å². The molecule has 0 aliphatic carbocycles. The van der Waals surface area contributed by atoms with Gasteiger partial charge in [-0.2, -0.15) is 11.8 Å². The van der Waals surface area contributed by atoms with Crippen LogP contribution >= 0.6 is 11.8 Å². The Kier molecular flexibility index (Phi) is 5.81. The van der Waals surface area contributed by atoms with Crippen LogP contribution in [0, 0.1) is 6.92 Å². The number of nitrogens with one attached hydrogen (secondary N) is 1.